The fourth-order valence-corrected chi connectivity index (χ4v) is 14.0. The second-order valence-electron chi connectivity index (χ2n) is 26.3. The van der Waals surface area contributed by atoms with Gasteiger partial charge in [0.25, 0.3) is 0 Å². The maximum atomic E-state index is 10.9. The molecule has 1 aliphatic carbocycles. The second-order valence-corrected chi connectivity index (χ2v) is 26.3. The van der Waals surface area contributed by atoms with Crippen LogP contribution in [0.3, 0.4) is 0 Å². The van der Waals surface area contributed by atoms with Crippen molar-refractivity contribution < 1.29 is 38.3 Å². The first-order valence-corrected chi connectivity index (χ1v) is 34.7. The molecular formula is C84H97NO8. The van der Waals surface area contributed by atoms with Gasteiger partial charge in [0.1, 0.15) is 11.5 Å². The van der Waals surface area contributed by atoms with E-state index in [9.17, 15) is 4.79 Å². The van der Waals surface area contributed by atoms with Gasteiger partial charge >= 0.3 is 5.97 Å². The number of hydrogen-bond acceptors (Lipinski definition) is 8. The Labute approximate surface area is 551 Å². The van der Waals surface area contributed by atoms with Gasteiger partial charge < -0.3 is 39.3 Å². The SMILES string of the molecule is COc1cc(COCc2cc3c4c(ccc5cc(COCCCCCCN)cc(c54)CC=C3)c2)c(OC(C)C/C=C/CCCCCCCCCc2c(C)ccc3cc(C)ccc23)cc1COCc1cc2ccc3cc(COCCCCCC(=O)O)cc4ccc(c1)c2c34. The molecule has 0 aliphatic heterocycles. The maximum absolute atomic E-state index is 10.9. The number of carboxylic acids is 1. The minimum atomic E-state index is -0.743. The van der Waals surface area contributed by atoms with Gasteiger partial charge in [0.15, 0.2) is 0 Å². The smallest absolute Gasteiger partial charge is 0.303 e. The maximum Gasteiger partial charge on any atom is 0.303 e. The van der Waals surface area contributed by atoms with Gasteiger partial charge in [0.05, 0.1) is 52.9 Å². The Balaban J connectivity index is 0.719. The molecule has 0 saturated carbocycles. The summed E-state index contributed by atoms with van der Waals surface area (Å²) in [5, 5.41) is 24.1. The van der Waals surface area contributed by atoms with Crippen LogP contribution in [0, 0.1) is 13.8 Å². The van der Waals surface area contributed by atoms with Gasteiger partial charge in [0, 0.05) is 37.2 Å². The summed E-state index contributed by atoms with van der Waals surface area (Å²) in [4.78, 5) is 10.9. The molecule has 0 fully saturated rings. The van der Waals surface area contributed by atoms with Crippen LogP contribution in [0.1, 0.15) is 177 Å². The van der Waals surface area contributed by atoms with Crippen LogP contribution in [0.15, 0.2) is 146 Å². The summed E-state index contributed by atoms with van der Waals surface area (Å²) in [7, 11) is 1.73. The van der Waals surface area contributed by atoms with Crippen molar-refractivity contribution in [2.24, 2.45) is 5.73 Å². The summed E-state index contributed by atoms with van der Waals surface area (Å²) in [6.45, 7) is 11.5. The molecule has 93 heavy (non-hydrogen) atoms. The van der Waals surface area contributed by atoms with E-state index in [1.165, 1.54) is 149 Å². The number of aryl methyl sites for hydroxylation is 3. The van der Waals surface area contributed by atoms with Crippen molar-refractivity contribution in [3.63, 3.8) is 0 Å². The Bertz CT molecular complexity index is 4130. The molecule has 0 heterocycles. The van der Waals surface area contributed by atoms with Gasteiger partial charge in [-0.3, -0.25) is 4.79 Å². The lowest BCUT2D eigenvalue weighted by molar-refractivity contribution is -0.137. The first kappa shape index (κ1) is 66.8. The lowest BCUT2D eigenvalue weighted by Crippen LogP contribution is -2.13. The highest BCUT2D eigenvalue weighted by atomic mass is 16.5. The van der Waals surface area contributed by atoms with Crippen molar-refractivity contribution >= 4 is 76.7 Å². The lowest BCUT2D eigenvalue weighted by atomic mass is 9.92. The number of nitrogens with two attached hydrogens (primary N) is 1. The van der Waals surface area contributed by atoms with Crippen LogP contribution in [-0.4, -0.2) is 44.0 Å². The topological polar surface area (TPSA) is 119 Å². The molecule has 9 heteroatoms. The quantitative estimate of drug-likeness (QED) is 0.0221. The van der Waals surface area contributed by atoms with Crippen LogP contribution in [0.4, 0.5) is 0 Å². The van der Waals surface area contributed by atoms with E-state index in [0.717, 1.165) is 110 Å². The number of methoxy groups -OCH3 is 1. The van der Waals surface area contributed by atoms with E-state index in [1.54, 1.807) is 7.11 Å². The van der Waals surface area contributed by atoms with Gasteiger partial charge in [0.2, 0.25) is 0 Å². The molecule has 486 valence electrons. The summed E-state index contributed by atoms with van der Waals surface area (Å²) in [5.41, 5.74) is 19.0. The zero-order valence-corrected chi connectivity index (χ0v) is 55.7. The van der Waals surface area contributed by atoms with Gasteiger partial charge in [-0.1, -0.05) is 154 Å². The highest BCUT2D eigenvalue weighted by Crippen LogP contribution is 2.40. The summed E-state index contributed by atoms with van der Waals surface area (Å²) in [5.74, 6) is 0.776. The van der Waals surface area contributed by atoms with Crippen LogP contribution in [-0.2, 0) is 76.2 Å². The standard InChI is InChI=1S/C84H97NO8/c1-58-28-37-77-65(41-58)30-29-59(2)76(77)26-17-12-10-8-6-5-7-9-11-16-23-60(3)93-79-51-74(56-91-55-64-48-72-35-33-70-45-62(53-90-40-21-15-18-27-80(86)87)46-71-34-36-73(49-64)84(72)83(70)71)78(88-4)50-75(79)57-92-54-63-43-67-25-22-24-66-42-61(52-89-39-20-14-13-19-38-85)44-68-31-32-69(47-63)82(67)81(66)68/h11,16,22,25,28-37,41-51,60H,5-10,12-15,17-21,23-24,26-27,38-40,52-57,85H2,1-4H3,(H,86,87)/b16-11+. The molecule has 0 radical (unpaired) electrons. The number of fused-ring (bicyclic) bond motifs is 1. The van der Waals surface area contributed by atoms with Crippen LogP contribution in [0.25, 0.3) is 70.7 Å². The Hall–Kier alpha value is -7.63. The summed E-state index contributed by atoms with van der Waals surface area (Å²) in [6.07, 6.45) is 29.1. The minimum Gasteiger partial charge on any atom is -0.496 e. The van der Waals surface area contributed by atoms with E-state index >= 15 is 0 Å². The molecule has 1 aliphatic rings. The Morgan fingerprint density at radius 2 is 1.04 bits per heavy atom. The number of allylic oxidation sites excluding steroid dienone is 2. The molecule has 0 bridgehead atoms. The lowest BCUT2D eigenvalue weighted by Gasteiger charge is -2.20. The van der Waals surface area contributed by atoms with E-state index in [-0.39, 0.29) is 12.5 Å². The minimum absolute atomic E-state index is 0.0691. The zero-order valence-electron chi connectivity index (χ0n) is 55.7. The van der Waals surface area contributed by atoms with Gasteiger partial charge in [-0.25, -0.2) is 0 Å². The molecule has 0 aromatic heterocycles. The third-order valence-corrected chi connectivity index (χ3v) is 18.8. The van der Waals surface area contributed by atoms with Crippen molar-refractivity contribution in [3.8, 4) is 11.5 Å². The molecule has 11 rings (SSSR count). The summed E-state index contributed by atoms with van der Waals surface area (Å²) in [6, 6.07) is 47.2. The molecule has 3 N–H and O–H groups in total. The fraction of sp³-hybridized carbons (Fsp3) is 0.393. The van der Waals surface area contributed by atoms with E-state index in [4.69, 9.17) is 39.3 Å². The molecule has 0 amide bonds. The largest absolute Gasteiger partial charge is 0.496 e. The number of carboxylic acid groups (broad SMARTS) is 1. The molecular weight excluding hydrogens is 1150 g/mol. The van der Waals surface area contributed by atoms with Crippen molar-refractivity contribution in [1.82, 2.24) is 0 Å². The average Bonchev–Trinajstić information content (AvgIpc) is 1.28. The Morgan fingerprint density at radius 1 is 0.516 bits per heavy atom. The number of aliphatic carboxylic acids is 1. The number of unbranched alkanes of at least 4 members (excludes halogenated alkanes) is 12. The number of benzene rings is 10. The number of carbonyl (C=O) groups is 1. The monoisotopic (exact) mass is 1250 g/mol. The van der Waals surface area contributed by atoms with E-state index in [1.807, 2.05) is 0 Å². The molecule has 1 unspecified atom stereocenters. The van der Waals surface area contributed by atoms with Crippen molar-refractivity contribution in [2.45, 2.75) is 189 Å². The highest BCUT2D eigenvalue weighted by molar-refractivity contribution is 6.23. The predicted molar refractivity (Wildman–Crippen MR) is 385 cm³/mol. The Morgan fingerprint density at radius 3 is 1.68 bits per heavy atom. The van der Waals surface area contributed by atoms with Crippen LogP contribution >= 0.6 is 0 Å². The van der Waals surface area contributed by atoms with Crippen LogP contribution in [0.2, 0.25) is 0 Å². The number of hydrogen-bond donors (Lipinski definition) is 2. The molecule has 0 saturated heterocycles. The zero-order chi connectivity index (χ0) is 64.3. The van der Waals surface area contributed by atoms with E-state index < -0.39 is 5.97 Å². The highest BCUT2D eigenvalue weighted by Gasteiger charge is 2.19. The van der Waals surface area contributed by atoms with Crippen LogP contribution < -0.4 is 15.2 Å². The first-order chi connectivity index (χ1) is 45.6. The van der Waals surface area contributed by atoms with Gasteiger partial charge in [-0.2, -0.15) is 0 Å². The summed E-state index contributed by atoms with van der Waals surface area (Å²) < 4.78 is 38.5. The van der Waals surface area contributed by atoms with E-state index in [2.05, 4.69) is 172 Å². The summed E-state index contributed by atoms with van der Waals surface area (Å²) >= 11 is 0. The van der Waals surface area contributed by atoms with Crippen molar-refractivity contribution in [2.75, 3.05) is 26.9 Å². The molecule has 10 aromatic carbocycles. The average molecular weight is 1250 g/mol. The van der Waals surface area contributed by atoms with Crippen molar-refractivity contribution in [1.29, 1.82) is 0 Å². The first-order valence-electron chi connectivity index (χ1n) is 34.7. The van der Waals surface area contributed by atoms with E-state index in [0.29, 0.717) is 52.7 Å². The Kier molecular flexibility index (Phi) is 24.0. The third kappa shape index (κ3) is 17.8. The molecule has 1 atom stereocenters. The van der Waals surface area contributed by atoms with Crippen LogP contribution in [0.5, 0.6) is 11.5 Å². The molecule has 10 aromatic rings. The molecule has 0 spiro atoms. The second kappa shape index (κ2) is 33.5. The van der Waals surface area contributed by atoms with Gasteiger partial charge in [-0.15, -0.1) is 0 Å². The predicted octanol–water partition coefficient (Wildman–Crippen LogP) is 20.9. The van der Waals surface area contributed by atoms with Crippen molar-refractivity contribution in [3.05, 3.63) is 207 Å². The fourth-order valence-electron chi connectivity index (χ4n) is 14.0. The normalized spacial score (nSPS) is 12.7. The number of rotatable bonds is 39. The third-order valence-electron chi connectivity index (χ3n) is 18.8. The van der Waals surface area contributed by atoms with Gasteiger partial charge in [-0.05, 0) is 249 Å². The molecule has 9 nitrogen and oxygen atoms in total. The number of ether oxygens (including phenoxy) is 6.